The van der Waals surface area contributed by atoms with Gasteiger partial charge in [-0.1, -0.05) is 23.5 Å². The van der Waals surface area contributed by atoms with E-state index in [-0.39, 0.29) is 11.7 Å². The summed E-state index contributed by atoms with van der Waals surface area (Å²) in [5.41, 5.74) is 4.87. The van der Waals surface area contributed by atoms with E-state index in [4.69, 9.17) is 4.74 Å². The lowest BCUT2D eigenvalue weighted by Crippen LogP contribution is -2.40. The smallest absolute Gasteiger partial charge is 0.338 e. The highest BCUT2D eigenvalue weighted by Crippen LogP contribution is 2.32. The van der Waals surface area contributed by atoms with E-state index in [0.717, 1.165) is 27.4 Å². The normalized spacial score (nSPS) is 16.1. The summed E-state index contributed by atoms with van der Waals surface area (Å²) in [6, 6.07) is 9.43. The first kappa shape index (κ1) is 24.3. The lowest BCUT2D eigenvalue weighted by Gasteiger charge is -2.25. The SMILES string of the molecule is CSc1ccc([C@@H]2C(C(=O)OC(C)C)=C(C)N=c3sc(=Cc4cc(C)n(C)c4C)c(=O)n32)cc1. The molecule has 0 spiro atoms. The fourth-order valence-corrected chi connectivity index (χ4v) is 5.58. The van der Waals surface area contributed by atoms with Crippen LogP contribution in [0.1, 0.15) is 49.3 Å². The summed E-state index contributed by atoms with van der Waals surface area (Å²) in [4.78, 5) is 33.2. The Morgan fingerprint density at radius 2 is 1.88 bits per heavy atom. The Labute approximate surface area is 207 Å². The molecule has 1 atom stereocenters. The van der Waals surface area contributed by atoms with Crippen LogP contribution < -0.4 is 14.9 Å². The van der Waals surface area contributed by atoms with Crippen molar-refractivity contribution in [2.24, 2.45) is 12.0 Å². The predicted molar refractivity (Wildman–Crippen MR) is 138 cm³/mol. The minimum Gasteiger partial charge on any atom is -0.459 e. The standard InChI is InChI=1S/C26H29N3O3S2/c1-14(2)32-25(31)22-16(4)27-26-29(23(22)18-8-10-20(33-7)11-9-18)24(30)21(34-26)13-19-12-15(3)28(6)17(19)5/h8-14,23H,1-7H3/t23-/m1/s1. The van der Waals surface area contributed by atoms with Gasteiger partial charge in [0, 0.05) is 23.3 Å². The van der Waals surface area contributed by atoms with Crippen LogP contribution in [0.3, 0.4) is 0 Å². The average Bonchev–Trinajstić information content (AvgIpc) is 3.22. The van der Waals surface area contributed by atoms with Crippen LogP contribution in [0.4, 0.5) is 0 Å². The number of rotatable bonds is 5. The van der Waals surface area contributed by atoms with E-state index in [9.17, 15) is 9.59 Å². The largest absolute Gasteiger partial charge is 0.459 e. The summed E-state index contributed by atoms with van der Waals surface area (Å²) in [5.74, 6) is -0.445. The fraction of sp³-hybridized carbons (Fsp3) is 0.346. The molecule has 0 aliphatic carbocycles. The molecule has 0 fully saturated rings. The molecule has 0 saturated heterocycles. The minimum absolute atomic E-state index is 0.161. The molecule has 3 heterocycles. The second-order valence-electron chi connectivity index (χ2n) is 8.69. The molecular weight excluding hydrogens is 466 g/mol. The lowest BCUT2D eigenvalue weighted by atomic mass is 9.96. The molecule has 0 N–H and O–H groups in total. The predicted octanol–water partition coefficient (Wildman–Crippen LogP) is 3.86. The van der Waals surface area contributed by atoms with Crippen LogP contribution in [0.2, 0.25) is 0 Å². The number of esters is 1. The molecule has 8 heteroatoms. The van der Waals surface area contributed by atoms with Crippen molar-refractivity contribution >= 4 is 35.1 Å². The Morgan fingerprint density at radius 3 is 2.44 bits per heavy atom. The van der Waals surface area contributed by atoms with Crippen molar-refractivity contribution in [1.29, 1.82) is 0 Å². The Morgan fingerprint density at radius 1 is 1.21 bits per heavy atom. The maximum absolute atomic E-state index is 13.7. The summed E-state index contributed by atoms with van der Waals surface area (Å²) in [7, 11) is 2.01. The Kier molecular flexibility index (Phi) is 6.73. The molecule has 0 unspecified atom stereocenters. The topological polar surface area (TPSA) is 65.6 Å². The summed E-state index contributed by atoms with van der Waals surface area (Å²) in [6.07, 6.45) is 3.66. The number of allylic oxidation sites excluding steroid dienone is 1. The van der Waals surface area contributed by atoms with E-state index in [1.165, 1.54) is 11.3 Å². The van der Waals surface area contributed by atoms with E-state index < -0.39 is 12.0 Å². The van der Waals surface area contributed by atoms with Crippen LogP contribution in [0.5, 0.6) is 0 Å². The zero-order valence-electron chi connectivity index (χ0n) is 20.5. The minimum atomic E-state index is -0.598. The van der Waals surface area contributed by atoms with E-state index in [1.54, 1.807) is 16.3 Å². The average molecular weight is 496 g/mol. The molecule has 2 aromatic heterocycles. The van der Waals surface area contributed by atoms with Crippen molar-refractivity contribution in [3.05, 3.63) is 83.8 Å². The molecule has 3 aromatic rings. The van der Waals surface area contributed by atoms with Gasteiger partial charge in [-0.05, 0) is 76.3 Å². The Balaban J connectivity index is 1.95. The highest BCUT2D eigenvalue weighted by Gasteiger charge is 2.33. The van der Waals surface area contributed by atoms with Crippen molar-refractivity contribution in [2.75, 3.05) is 6.26 Å². The van der Waals surface area contributed by atoms with Gasteiger partial charge in [-0.3, -0.25) is 9.36 Å². The van der Waals surface area contributed by atoms with Crippen molar-refractivity contribution in [2.45, 2.75) is 51.7 Å². The number of nitrogens with zero attached hydrogens (tertiary/aromatic N) is 3. The molecule has 34 heavy (non-hydrogen) atoms. The molecule has 6 nitrogen and oxygen atoms in total. The lowest BCUT2D eigenvalue weighted by molar-refractivity contribution is -0.143. The zero-order valence-corrected chi connectivity index (χ0v) is 22.1. The number of hydrogen-bond acceptors (Lipinski definition) is 6. The maximum atomic E-state index is 13.7. The molecular formula is C26H29N3O3S2. The van der Waals surface area contributed by atoms with Gasteiger partial charge in [0.25, 0.3) is 5.56 Å². The van der Waals surface area contributed by atoms with Crippen LogP contribution in [0, 0.1) is 13.8 Å². The number of carbonyl (C=O) groups is 1. The van der Waals surface area contributed by atoms with E-state index in [1.807, 2.05) is 78.3 Å². The second kappa shape index (κ2) is 9.43. The van der Waals surface area contributed by atoms with Crippen molar-refractivity contribution in [3.63, 3.8) is 0 Å². The summed E-state index contributed by atoms with van der Waals surface area (Å²) in [6.45, 7) is 9.52. The molecule has 1 aliphatic heterocycles. The van der Waals surface area contributed by atoms with Gasteiger partial charge >= 0.3 is 5.97 Å². The third kappa shape index (κ3) is 4.32. The van der Waals surface area contributed by atoms with Gasteiger partial charge in [0.05, 0.1) is 27.9 Å². The molecule has 1 aliphatic rings. The molecule has 0 radical (unpaired) electrons. The van der Waals surface area contributed by atoms with Crippen molar-refractivity contribution in [1.82, 2.24) is 9.13 Å². The van der Waals surface area contributed by atoms with E-state index >= 15 is 0 Å². The van der Waals surface area contributed by atoms with Gasteiger partial charge in [0.15, 0.2) is 4.80 Å². The molecule has 0 saturated carbocycles. The molecule has 0 bridgehead atoms. The number of benzene rings is 1. The number of hydrogen-bond donors (Lipinski definition) is 0. The van der Waals surface area contributed by atoms with Crippen molar-refractivity contribution in [3.8, 4) is 0 Å². The summed E-state index contributed by atoms with van der Waals surface area (Å²) in [5, 5.41) is 0. The Hall–Kier alpha value is -2.84. The van der Waals surface area contributed by atoms with Gasteiger partial charge in [0.2, 0.25) is 0 Å². The van der Waals surface area contributed by atoms with Gasteiger partial charge < -0.3 is 9.30 Å². The Bertz CT molecular complexity index is 1470. The van der Waals surface area contributed by atoms with Crippen LogP contribution in [0.25, 0.3) is 6.08 Å². The van der Waals surface area contributed by atoms with E-state index in [0.29, 0.717) is 20.6 Å². The first-order chi connectivity index (χ1) is 16.1. The van der Waals surface area contributed by atoms with Gasteiger partial charge in [-0.2, -0.15) is 0 Å². The van der Waals surface area contributed by atoms with Crippen LogP contribution in [-0.4, -0.2) is 27.5 Å². The van der Waals surface area contributed by atoms with Crippen LogP contribution in [0.15, 0.2) is 56.3 Å². The molecule has 1 aromatic carbocycles. The third-order valence-electron chi connectivity index (χ3n) is 6.12. The van der Waals surface area contributed by atoms with Gasteiger partial charge in [-0.15, -0.1) is 11.8 Å². The zero-order chi connectivity index (χ0) is 24.7. The number of aromatic nitrogens is 2. The van der Waals surface area contributed by atoms with Gasteiger partial charge in [0.1, 0.15) is 0 Å². The molecule has 178 valence electrons. The number of fused-ring (bicyclic) bond motifs is 1. The number of thiazole rings is 1. The van der Waals surface area contributed by atoms with Crippen LogP contribution in [-0.2, 0) is 16.6 Å². The summed E-state index contributed by atoms with van der Waals surface area (Å²) < 4.78 is 9.89. The third-order valence-corrected chi connectivity index (χ3v) is 7.84. The maximum Gasteiger partial charge on any atom is 0.338 e. The number of ether oxygens (including phenoxy) is 1. The second-order valence-corrected chi connectivity index (χ2v) is 10.6. The van der Waals surface area contributed by atoms with Crippen molar-refractivity contribution < 1.29 is 9.53 Å². The summed E-state index contributed by atoms with van der Waals surface area (Å²) >= 11 is 2.99. The van der Waals surface area contributed by atoms with E-state index in [2.05, 4.69) is 15.6 Å². The highest BCUT2D eigenvalue weighted by atomic mass is 32.2. The first-order valence-electron chi connectivity index (χ1n) is 11.1. The van der Waals surface area contributed by atoms with Crippen LogP contribution >= 0.6 is 23.1 Å². The molecule has 0 amide bonds. The quantitative estimate of drug-likeness (QED) is 0.398. The fourth-order valence-electron chi connectivity index (χ4n) is 4.13. The number of thioether (sulfide) groups is 1. The first-order valence-corrected chi connectivity index (χ1v) is 13.2. The number of aryl methyl sites for hydroxylation is 1. The number of carbonyl (C=O) groups excluding carboxylic acids is 1. The monoisotopic (exact) mass is 495 g/mol. The highest BCUT2D eigenvalue weighted by molar-refractivity contribution is 7.98. The van der Waals surface area contributed by atoms with Gasteiger partial charge in [-0.25, -0.2) is 9.79 Å². The molecule has 4 rings (SSSR count).